The highest BCUT2D eigenvalue weighted by Gasteiger charge is 2.37. The van der Waals surface area contributed by atoms with Gasteiger partial charge in [0.15, 0.2) is 5.16 Å². The number of aromatic nitrogens is 2. The minimum Gasteiger partial charge on any atom is -0.376 e. The number of rotatable bonds is 3. The van der Waals surface area contributed by atoms with Gasteiger partial charge >= 0.3 is 0 Å². The smallest absolute Gasteiger partial charge is 0.190 e. The van der Waals surface area contributed by atoms with Gasteiger partial charge in [0.2, 0.25) is 0 Å². The third-order valence-electron chi connectivity index (χ3n) is 3.16. The number of hydrogen-bond acceptors (Lipinski definition) is 5. The van der Waals surface area contributed by atoms with E-state index in [-0.39, 0.29) is 11.6 Å². The summed E-state index contributed by atoms with van der Waals surface area (Å²) >= 11 is 7.44. The zero-order valence-electron chi connectivity index (χ0n) is 10.2. The number of hydrogen-bond donors (Lipinski definition) is 1. The Kier molecular flexibility index (Phi) is 3.80. The first-order valence-corrected chi connectivity index (χ1v) is 7.12. The molecule has 1 aliphatic rings. The Morgan fingerprint density at radius 2 is 2.35 bits per heavy atom. The van der Waals surface area contributed by atoms with Crippen LogP contribution in [0.2, 0.25) is 5.15 Å². The molecule has 0 aromatic carbocycles. The first kappa shape index (κ1) is 12.9. The van der Waals surface area contributed by atoms with Crippen LogP contribution in [0.25, 0.3) is 0 Å². The van der Waals surface area contributed by atoms with Gasteiger partial charge in [-0.3, -0.25) is 0 Å². The molecule has 0 saturated carbocycles. The molecule has 0 bridgehead atoms. The zero-order valence-corrected chi connectivity index (χ0v) is 11.7. The SMILES string of the molecule is CSc1nc(Cl)cc(NC2(C)CCOC2C)n1. The maximum Gasteiger partial charge on any atom is 0.190 e. The lowest BCUT2D eigenvalue weighted by molar-refractivity contribution is 0.105. The van der Waals surface area contributed by atoms with Crippen molar-refractivity contribution in [3.05, 3.63) is 11.2 Å². The molecular formula is C11H16ClN3OS. The van der Waals surface area contributed by atoms with Crippen LogP contribution in [0.5, 0.6) is 0 Å². The molecule has 0 spiro atoms. The number of ether oxygens (including phenoxy) is 1. The van der Waals surface area contributed by atoms with Gasteiger partial charge < -0.3 is 10.1 Å². The minimum atomic E-state index is -0.0899. The lowest BCUT2D eigenvalue weighted by atomic mass is 9.95. The van der Waals surface area contributed by atoms with Gasteiger partial charge in [0.05, 0.1) is 11.6 Å². The van der Waals surface area contributed by atoms with Crippen molar-refractivity contribution in [3.8, 4) is 0 Å². The zero-order chi connectivity index (χ0) is 12.5. The summed E-state index contributed by atoms with van der Waals surface area (Å²) in [6.45, 7) is 4.98. The second-order valence-corrected chi connectivity index (χ2v) is 5.53. The van der Waals surface area contributed by atoms with Crippen molar-refractivity contribution in [1.29, 1.82) is 0 Å². The third-order valence-corrected chi connectivity index (χ3v) is 3.90. The van der Waals surface area contributed by atoms with Crippen LogP contribution < -0.4 is 5.32 Å². The van der Waals surface area contributed by atoms with Gasteiger partial charge in [-0.2, -0.15) is 0 Å². The standard InChI is InChI=1S/C11H16ClN3OS/c1-7-11(2,4-5-16-7)15-9-6-8(12)13-10(14-9)17-3/h6-7H,4-5H2,1-3H3,(H,13,14,15). The van der Waals surface area contributed by atoms with Crippen LogP contribution in [0.15, 0.2) is 11.2 Å². The Morgan fingerprint density at radius 1 is 1.59 bits per heavy atom. The van der Waals surface area contributed by atoms with Gasteiger partial charge in [0.1, 0.15) is 11.0 Å². The second kappa shape index (κ2) is 5.00. The molecule has 2 heterocycles. The van der Waals surface area contributed by atoms with E-state index in [1.54, 1.807) is 6.07 Å². The van der Waals surface area contributed by atoms with Crippen LogP contribution in [-0.4, -0.2) is 34.5 Å². The molecule has 1 N–H and O–H groups in total. The van der Waals surface area contributed by atoms with Crippen molar-refractivity contribution in [3.63, 3.8) is 0 Å². The Hall–Kier alpha value is -0.520. The van der Waals surface area contributed by atoms with Crippen LogP contribution in [0.3, 0.4) is 0 Å². The van der Waals surface area contributed by atoms with Crippen molar-refractivity contribution in [1.82, 2.24) is 9.97 Å². The summed E-state index contributed by atoms with van der Waals surface area (Å²) in [6, 6.07) is 1.75. The first-order chi connectivity index (χ1) is 8.03. The highest BCUT2D eigenvalue weighted by Crippen LogP contribution is 2.29. The molecule has 1 saturated heterocycles. The molecule has 2 unspecified atom stereocenters. The van der Waals surface area contributed by atoms with E-state index in [1.807, 2.05) is 6.26 Å². The van der Waals surface area contributed by atoms with Crippen LogP contribution in [0.1, 0.15) is 20.3 Å². The summed E-state index contributed by atoms with van der Waals surface area (Å²) in [6.07, 6.45) is 3.05. The normalized spacial score (nSPS) is 28.4. The fraction of sp³-hybridized carbons (Fsp3) is 0.636. The molecule has 2 rings (SSSR count). The van der Waals surface area contributed by atoms with Gasteiger partial charge in [0.25, 0.3) is 0 Å². The molecule has 4 nitrogen and oxygen atoms in total. The van der Waals surface area contributed by atoms with Crippen molar-refractivity contribution < 1.29 is 4.74 Å². The van der Waals surface area contributed by atoms with Crippen molar-refractivity contribution in [2.45, 2.75) is 37.1 Å². The van der Waals surface area contributed by atoms with E-state index in [4.69, 9.17) is 16.3 Å². The van der Waals surface area contributed by atoms with E-state index in [1.165, 1.54) is 11.8 Å². The topological polar surface area (TPSA) is 47.0 Å². The second-order valence-electron chi connectivity index (χ2n) is 4.37. The van der Waals surface area contributed by atoms with Gasteiger partial charge in [-0.05, 0) is 26.5 Å². The predicted octanol–water partition coefficient (Wildman–Crippen LogP) is 2.83. The number of thioether (sulfide) groups is 1. The molecule has 1 aromatic heterocycles. The van der Waals surface area contributed by atoms with Crippen LogP contribution in [-0.2, 0) is 4.74 Å². The van der Waals surface area contributed by atoms with Crippen molar-refractivity contribution in [2.75, 3.05) is 18.2 Å². The van der Waals surface area contributed by atoms with Crippen LogP contribution in [0.4, 0.5) is 5.82 Å². The average molecular weight is 274 g/mol. The summed E-state index contributed by atoms with van der Waals surface area (Å²) in [5, 5.41) is 4.54. The monoisotopic (exact) mass is 273 g/mol. The molecule has 1 fully saturated rings. The fourth-order valence-corrected chi connectivity index (χ4v) is 2.46. The maximum atomic E-state index is 5.96. The van der Waals surface area contributed by atoms with E-state index in [0.29, 0.717) is 10.3 Å². The molecule has 1 aliphatic heterocycles. The van der Waals surface area contributed by atoms with Crippen molar-refractivity contribution in [2.24, 2.45) is 0 Å². The van der Waals surface area contributed by atoms with Gasteiger partial charge in [-0.1, -0.05) is 23.4 Å². The number of nitrogens with one attached hydrogen (secondary N) is 1. The average Bonchev–Trinajstić information content (AvgIpc) is 2.58. The summed E-state index contributed by atoms with van der Waals surface area (Å²) in [4.78, 5) is 8.51. The summed E-state index contributed by atoms with van der Waals surface area (Å²) in [5.74, 6) is 0.759. The predicted molar refractivity (Wildman–Crippen MR) is 70.9 cm³/mol. The third kappa shape index (κ3) is 2.84. The number of anilines is 1. The summed E-state index contributed by atoms with van der Waals surface area (Å²) in [7, 11) is 0. The van der Waals surface area contributed by atoms with E-state index >= 15 is 0 Å². The molecule has 17 heavy (non-hydrogen) atoms. The lowest BCUT2D eigenvalue weighted by Gasteiger charge is -2.29. The molecule has 94 valence electrons. The van der Waals surface area contributed by atoms with Gasteiger partial charge in [-0.25, -0.2) is 9.97 Å². The van der Waals surface area contributed by atoms with E-state index in [9.17, 15) is 0 Å². The van der Waals surface area contributed by atoms with Gasteiger partial charge in [0, 0.05) is 12.7 Å². The fourth-order valence-electron chi connectivity index (χ4n) is 1.84. The molecule has 6 heteroatoms. The number of nitrogens with zero attached hydrogens (tertiary/aromatic N) is 2. The quantitative estimate of drug-likeness (QED) is 0.521. The Bertz CT molecular complexity index is 418. The summed E-state index contributed by atoms with van der Waals surface area (Å²) in [5.41, 5.74) is -0.0899. The molecule has 2 atom stereocenters. The molecule has 0 aliphatic carbocycles. The Balaban J connectivity index is 2.20. The molecular weight excluding hydrogens is 258 g/mol. The Labute approximate surface area is 111 Å². The largest absolute Gasteiger partial charge is 0.376 e. The minimum absolute atomic E-state index is 0.0899. The first-order valence-electron chi connectivity index (χ1n) is 5.52. The van der Waals surface area contributed by atoms with Crippen LogP contribution in [0, 0.1) is 0 Å². The molecule has 0 radical (unpaired) electrons. The highest BCUT2D eigenvalue weighted by molar-refractivity contribution is 7.98. The van der Waals surface area contributed by atoms with Gasteiger partial charge in [-0.15, -0.1) is 0 Å². The maximum absolute atomic E-state index is 5.96. The van der Waals surface area contributed by atoms with Crippen molar-refractivity contribution >= 4 is 29.2 Å². The van der Waals surface area contributed by atoms with E-state index < -0.39 is 0 Å². The molecule has 0 amide bonds. The summed E-state index contributed by atoms with van der Waals surface area (Å²) < 4.78 is 5.58. The highest BCUT2D eigenvalue weighted by atomic mass is 35.5. The van der Waals surface area contributed by atoms with E-state index in [2.05, 4.69) is 29.1 Å². The number of halogens is 1. The van der Waals surface area contributed by atoms with Crippen LogP contribution >= 0.6 is 23.4 Å². The lowest BCUT2D eigenvalue weighted by Crippen LogP contribution is -2.41. The Morgan fingerprint density at radius 3 is 2.94 bits per heavy atom. The molecule has 1 aromatic rings. The van der Waals surface area contributed by atoms with E-state index in [0.717, 1.165) is 18.8 Å².